The second-order valence-electron chi connectivity index (χ2n) is 9.34. The summed E-state index contributed by atoms with van der Waals surface area (Å²) < 4.78 is 2.10. The lowest BCUT2D eigenvalue weighted by atomic mass is 9.74. The van der Waals surface area contributed by atoms with E-state index in [2.05, 4.69) is 45.9 Å². The molecule has 0 unspecified atom stereocenters. The number of nitrogens with zero attached hydrogens (tertiary/aromatic N) is 5. The van der Waals surface area contributed by atoms with E-state index >= 15 is 0 Å². The van der Waals surface area contributed by atoms with Gasteiger partial charge in [-0.25, -0.2) is 15.0 Å². The lowest BCUT2D eigenvalue weighted by Crippen LogP contribution is -2.32. The molecule has 0 spiro atoms. The molecule has 1 saturated carbocycles. The molecule has 0 bridgehead atoms. The maximum Gasteiger partial charge on any atom is 0.150 e. The Morgan fingerprint density at radius 3 is 2.79 bits per heavy atom. The SMILES string of the molecule is CN(C)CC1CC(c2nc(-c3cc4nc(-c5cccs5)ccc4cc3Cl)c3c(N)nccn23)C1. The third-order valence-electron chi connectivity index (χ3n) is 6.64. The number of hydrogen-bond donors (Lipinski definition) is 1. The number of benzene rings is 1. The number of nitrogen functional groups attached to an aromatic ring is 1. The zero-order valence-corrected chi connectivity index (χ0v) is 20.6. The number of nitrogens with two attached hydrogens (primary N) is 1. The van der Waals surface area contributed by atoms with Crippen LogP contribution in [0.5, 0.6) is 0 Å². The number of anilines is 1. The Morgan fingerprint density at radius 1 is 1.18 bits per heavy atom. The molecule has 34 heavy (non-hydrogen) atoms. The summed E-state index contributed by atoms with van der Waals surface area (Å²) in [5, 5.41) is 3.69. The first-order valence-electron chi connectivity index (χ1n) is 11.4. The van der Waals surface area contributed by atoms with Crippen LogP contribution in [0.1, 0.15) is 24.6 Å². The Morgan fingerprint density at radius 2 is 2.03 bits per heavy atom. The predicted molar refractivity (Wildman–Crippen MR) is 140 cm³/mol. The topological polar surface area (TPSA) is 72.3 Å². The number of imidazole rings is 1. The average molecular weight is 489 g/mol. The van der Waals surface area contributed by atoms with Crippen LogP contribution >= 0.6 is 22.9 Å². The number of pyridine rings is 1. The third kappa shape index (κ3) is 3.64. The Bertz CT molecular complexity index is 1500. The Hall–Kier alpha value is -3.00. The molecule has 1 fully saturated rings. The largest absolute Gasteiger partial charge is 0.382 e. The lowest BCUT2D eigenvalue weighted by Gasteiger charge is -2.36. The first-order chi connectivity index (χ1) is 16.5. The zero-order valence-electron chi connectivity index (χ0n) is 19.1. The van der Waals surface area contributed by atoms with E-state index in [0.29, 0.717) is 22.7 Å². The molecule has 6 nitrogen and oxygen atoms in total. The van der Waals surface area contributed by atoms with Crippen molar-refractivity contribution in [1.82, 2.24) is 24.3 Å². The molecule has 8 heteroatoms. The van der Waals surface area contributed by atoms with Gasteiger partial charge in [-0.2, -0.15) is 0 Å². The molecule has 4 heterocycles. The number of aromatic nitrogens is 4. The van der Waals surface area contributed by atoms with Crippen LogP contribution in [0.25, 0.3) is 38.2 Å². The molecule has 172 valence electrons. The number of halogens is 1. The summed E-state index contributed by atoms with van der Waals surface area (Å²) in [5.74, 6) is 2.58. The zero-order chi connectivity index (χ0) is 23.4. The van der Waals surface area contributed by atoms with Gasteiger partial charge in [-0.3, -0.25) is 4.40 Å². The molecule has 0 radical (unpaired) electrons. The molecule has 2 N–H and O–H groups in total. The van der Waals surface area contributed by atoms with Crippen LogP contribution in [0.4, 0.5) is 5.82 Å². The summed E-state index contributed by atoms with van der Waals surface area (Å²) in [6.45, 7) is 1.10. The molecular formula is C26H25ClN6S. The van der Waals surface area contributed by atoms with Crippen molar-refractivity contribution in [3.8, 4) is 21.8 Å². The molecule has 0 atom stereocenters. The van der Waals surface area contributed by atoms with Gasteiger partial charge in [-0.15, -0.1) is 11.3 Å². The highest BCUT2D eigenvalue weighted by Gasteiger charge is 2.34. The molecule has 6 rings (SSSR count). The minimum Gasteiger partial charge on any atom is -0.382 e. The van der Waals surface area contributed by atoms with Crippen molar-refractivity contribution < 1.29 is 0 Å². The van der Waals surface area contributed by atoms with Crippen LogP contribution in [-0.2, 0) is 0 Å². The molecule has 1 aliphatic carbocycles. The van der Waals surface area contributed by atoms with Crippen LogP contribution in [-0.4, -0.2) is 44.9 Å². The summed E-state index contributed by atoms with van der Waals surface area (Å²) in [6.07, 6.45) is 5.94. The minimum absolute atomic E-state index is 0.399. The lowest BCUT2D eigenvalue weighted by molar-refractivity contribution is 0.194. The molecule has 4 aromatic heterocycles. The van der Waals surface area contributed by atoms with E-state index in [1.54, 1.807) is 17.5 Å². The first kappa shape index (κ1) is 21.5. The summed E-state index contributed by atoms with van der Waals surface area (Å²) in [5.41, 5.74) is 10.6. The first-order valence-corrected chi connectivity index (χ1v) is 12.7. The number of thiophene rings is 1. The van der Waals surface area contributed by atoms with Crippen molar-refractivity contribution in [2.24, 2.45) is 5.92 Å². The summed E-state index contributed by atoms with van der Waals surface area (Å²) in [4.78, 5) is 17.8. The van der Waals surface area contributed by atoms with Gasteiger partial charge in [-0.05, 0) is 62.5 Å². The van der Waals surface area contributed by atoms with E-state index in [9.17, 15) is 0 Å². The van der Waals surface area contributed by atoms with Crippen LogP contribution in [0.2, 0.25) is 5.02 Å². The van der Waals surface area contributed by atoms with Gasteiger partial charge in [-0.1, -0.05) is 23.7 Å². The van der Waals surface area contributed by atoms with Crippen molar-refractivity contribution in [2.75, 3.05) is 26.4 Å². The predicted octanol–water partition coefficient (Wildman–Crippen LogP) is 5.96. The highest BCUT2D eigenvalue weighted by molar-refractivity contribution is 7.13. The van der Waals surface area contributed by atoms with E-state index in [1.165, 1.54) is 0 Å². The molecule has 0 aliphatic heterocycles. The van der Waals surface area contributed by atoms with Gasteiger partial charge in [0.2, 0.25) is 0 Å². The van der Waals surface area contributed by atoms with Crippen molar-refractivity contribution in [2.45, 2.75) is 18.8 Å². The van der Waals surface area contributed by atoms with E-state index in [1.807, 2.05) is 30.5 Å². The Labute approximate surface area is 207 Å². The van der Waals surface area contributed by atoms with E-state index < -0.39 is 0 Å². The highest BCUT2D eigenvalue weighted by atomic mass is 35.5. The molecular weight excluding hydrogens is 464 g/mol. The van der Waals surface area contributed by atoms with E-state index in [4.69, 9.17) is 27.3 Å². The molecule has 0 saturated heterocycles. The van der Waals surface area contributed by atoms with Crippen LogP contribution < -0.4 is 5.73 Å². The smallest absolute Gasteiger partial charge is 0.150 e. The van der Waals surface area contributed by atoms with Gasteiger partial charge >= 0.3 is 0 Å². The normalized spacial score (nSPS) is 18.1. The van der Waals surface area contributed by atoms with Gasteiger partial charge in [0.05, 0.1) is 21.1 Å². The highest BCUT2D eigenvalue weighted by Crippen LogP contribution is 2.44. The Kier molecular flexibility index (Phi) is 5.28. The fourth-order valence-corrected chi connectivity index (χ4v) is 6.02. The maximum absolute atomic E-state index is 6.81. The monoisotopic (exact) mass is 488 g/mol. The van der Waals surface area contributed by atoms with Crippen LogP contribution in [0.15, 0.2) is 54.2 Å². The molecule has 1 aliphatic rings. The second-order valence-corrected chi connectivity index (χ2v) is 10.7. The number of rotatable bonds is 5. The van der Waals surface area contributed by atoms with E-state index in [0.717, 1.165) is 63.5 Å². The van der Waals surface area contributed by atoms with Gasteiger partial charge in [0.15, 0.2) is 0 Å². The van der Waals surface area contributed by atoms with Gasteiger partial charge < -0.3 is 10.6 Å². The van der Waals surface area contributed by atoms with Crippen molar-refractivity contribution >= 4 is 45.2 Å². The van der Waals surface area contributed by atoms with Crippen molar-refractivity contribution in [3.63, 3.8) is 0 Å². The van der Waals surface area contributed by atoms with Crippen LogP contribution in [0, 0.1) is 5.92 Å². The van der Waals surface area contributed by atoms with Gasteiger partial charge in [0, 0.05) is 35.8 Å². The summed E-state index contributed by atoms with van der Waals surface area (Å²) >= 11 is 8.48. The van der Waals surface area contributed by atoms with E-state index in [-0.39, 0.29) is 0 Å². The second kappa shape index (κ2) is 8.34. The third-order valence-corrected chi connectivity index (χ3v) is 7.85. The van der Waals surface area contributed by atoms with Crippen molar-refractivity contribution in [1.29, 1.82) is 0 Å². The molecule has 0 amide bonds. The number of hydrogen-bond acceptors (Lipinski definition) is 6. The summed E-state index contributed by atoms with van der Waals surface area (Å²) in [6, 6.07) is 12.2. The summed E-state index contributed by atoms with van der Waals surface area (Å²) in [7, 11) is 4.25. The standard InChI is InChI=1S/C26H25ClN6S/c1-32(2)14-15-10-17(11-15)26-31-23(24-25(28)29-7-8-33(24)26)18-13-21-16(12-19(18)27)5-6-20(30-21)22-4-3-9-34-22/h3-9,12-13,15,17H,10-11,14H2,1-2H3,(H2,28,29). The Balaban J connectivity index is 1.47. The quantitative estimate of drug-likeness (QED) is 0.330. The fourth-order valence-electron chi connectivity index (χ4n) is 5.06. The molecule has 1 aromatic carbocycles. The van der Waals surface area contributed by atoms with Gasteiger partial charge in [0.1, 0.15) is 22.9 Å². The van der Waals surface area contributed by atoms with Crippen molar-refractivity contribution in [3.05, 3.63) is 65.0 Å². The maximum atomic E-state index is 6.81. The van der Waals surface area contributed by atoms with Gasteiger partial charge in [0.25, 0.3) is 0 Å². The fraction of sp³-hybridized carbons (Fsp3) is 0.269. The van der Waals surface area contributed by atoms with Crippen LogP contribution in [0.3, 0.4) is 0 Å². The minimum atomic E-state index is 0.399. The molecule has 5 aromatic rings. The number of fused-ring (bicyclic) bond motifs is 2. The average Bonchev–Trinajstić information content (AvgIpc) is 3.44.